The molecule has 0 spiro atoms. The maximum Gasteiger partial charge on any atom is 0.303 e. The Bertz CT molecular complexity index is 496. The van der Waals surface area contributed by atoms with Crippen molar-refractivity contribution < 1.29 is 9.90 Å². The van der Waals surface area contributed by atoms with Crippen LogP contribution in [0.1, 0.15) is 23.5 Å². The Balaban J connectivity index is 2.18. The van der Waals surface area contributed by atoms with Gasteiger partial charge < -0.3 is 5.11 Å². The normalized spacial score (nSPS) is 12.0. The van der Waals surface area contributed by atoms with Crippen LogP contribution in [0.5, 0.6) is 0 Å². The van der Waals surface area contributed by atoms with E-state index in [9.17, 15) is 4.79 Å². The van der Waals surface area contributed by atoms with E-state index in [1.165, 1.54) is 0 Å². The molecular weight excluding hydrogens is 226 g/mol. The van der Waals surface area contributed by atoms with Crippen molar-refractivity contribution in [3.8, 4) is 0 Å². The molecule has 3 heteroatoms. The summed E-state index contributed by atoms with van der Waals surface area (Å²) in [5, 5.41) is 9.01. The number of rotatable bonds is 5. The lowest BCUT2D eigenvalue weighted by atomic mass is 9.90. The molecule has 2 aromatic rings. The molecule has 0 aliphatic carbocycles. The number of pyridine rings is 1. The number of carbonyl (C=O) groups is 1. The molecule has 3 nitrogen and oxygen atoms in total. The fourth-order valence-corrected chi connectivity index (χ4v) is 2.05. The second-order valence-corrected chi connectivity index (χ2v) is 4.27. The number of carboxylic acids is 1. The van der Waals surface area contributed by atoms with Crippen LogP contribution in [-0.2, 0) is 11.2 Å². The molecule has 1 N–H and O–H groups in total. The molecule has 0 aliphatic rings. The summed E-state index contributed by atoms with van der Waals surface area (Å²) >= 11 is 0. The number of aromatic nitrogens is 1. The number of hydrogen-bond acceptors (Lipinski definition) is 2. The van der Waals surface area contributed by atoms with Gasteiger partial charge >= 0.3 is 5.97 Å². The number of benzene rings is 1. The van der Waals surface area contributed by atoms with Crippen LogP contribution in [-0.4, -0.2) is 16.1 Å². The van der Waals surface area contributed by atoms with E-state index >= 15 is 0 Å². The highest BCUT2D eigenvalue weighted by atomic mass is 16.4. The van der Waals surface area contributed by atoms with Crippen molar-refractivity contribution in [2.75, 3.05) is 0 Å². The van der Waals surface area contributed by atoms with E-state index in [0.29, 0.717) is 0 Å². The van der Waals surface area contributed by atoms with Crippen molar-refractivity contribution >= 4 is 5.97 Å². The smallest absolute Gasteiger partial charge is 0.303 e. The molecule has 1 heterocycles. The zero-order chi connectivity index (χ0) is 12.8. The summed E-state index contributed by atoms with van der Waals surface area (Å²) in [5.74, 6) is -0.760. The Morgan fingerprint density at radius 3 is 2.39 bits per heavy atom. The van der Waals surface area contributed by atoms with Crippen molar-refractivity contribution in [2.45, 2.75) is 18.8 Å². The fourth-order valence-electron chi connectivity index (χ4n) is 2.05. The number of hydrogen-bond donors (Lipinski definition) is 1. The maximum atomic E-state index is 11.0. The molecule has 1 aromatic heterocycles. The first-order chi connectivity index (χ1) is 8.75. The van der Waals surface area contributed by atoms with Crippen LogP contribution >= 0.6 is 0 Å². The van der Waals surface area contributed by atoms with Crippen molar-refractivity contribution in [3.63, 3.8) is 0 Å². The molecule has 18 heavy (non-hydrogen) atoms. The maximum absolute atomic E-state index is 11.0. The first kappa shape index (κ1) is 12.3. The Kier molecular flexibility index (Phi) is 4.07. The summed E-state index contributed by atoms with van der Waals surface area (Å²) in [7, 11) is 0. The highest BCUT2D eigenvalue weighted by Crippen LogP contribution is 2.24. The van der Waals surface area contributed by atoms with Gasteiger partial charge in [0.1, 0.15) is 0 Å². The van der Waals surface area contributed by atoms with Gasteiger partial charge in [0.05, 0.1) is 6.42 Å². The topological polar surface area (TPSA) is 50.2 Å². The van der Waals surface area contributed by atoms with E-state index < -0.39 is 5.97 Å². The predicted molar refractivity (Wildman–Crippen MR) is 69.4 cm³/mol. The lowest BCUT2D eigenvalue weighted by molar-refractivity contribution is -0.137. The zero-order valence-corrected chi connectivity index (χ0v) is 9.99. The zero-order valence-electron chi connectivity index (χ0n) is 9.99. The average Bonchev–Trinajstić information content (AvgIpc) is 2.40. The van der Waals surface area contributed by atoms with Gasteiger partial charge in [-0.3, -0.25) is 9.78 Å². The third kappa shape index (κ3) is 3.42. The van der Waals surface area contributed by atoms with Crippen molar-refractivity contribution in [3.05, 3.63) is 66.0 Å². The Morgan fingerprint density at radius 1 is 1.11 bits per heavy atom. The molecule has 0 saturated heterocycles. The van der Waals surface area contributed by atoms with Crippen LogP contribution in [0, 0.1) is 0 Å². The third-order valence-corrected chi connectivity index (χ3v) is 2.92. The second-order valence-electron chi connectivity index (χ2n) is 4.27. The summed E-state index contributed by atoms with van der Waals surface area (Å²) in [6, 6.07) is 13.6. The standard InChI is InChI=1S/C15H15NO2/c17-15(18)11-14(13-4-2-1-3-5-13)10-12-6-8-16-9-7-12/h1-9,14H,10-11H2,(H,17,18). The van der Waals surface area contributed by atoms with Crippen LogP contribution in [0.3, 0.4) is 0 Å². The lowest BCUT2D eigenvalue weighted by Gasteiger charge is -2.15. The predicted octanol–water partition coefficient (Wildman–Crippen LogP) is 2.88. The number of aliphatic carboxylic acids is 1. The first-order valence-electron chi connectivity index (χ1n) is 5.91. The van der Waals surface area contributed by atoms with E-state index in [1.807, 2.05) is 42.5 Å². The molecule has 1 atom stereocenters. The van der Waals surface area contributed by atoms with Crippen LogP contribution < -0.4 is 0 Å². The van der Waals surface area contributed by atoms with Crippen LogP contribution in [0.15, 0.2) is 54.9 Å². The van der Waals surface area contributed by atoms with E-state index in [4.69, 9.17) is 5.11 Å². The molecule has 0 saturated carbocycles. The Hall–Kier alpha value is -2.16. The summed E-state index contributed by atoms with van der Waals surface area (Å²) < 4.78 is 0. The molecule has 92 valence electrons. The van der Waals surface area contributed by atoms with Gasteiger partial charge in [0, 0.05) is 12.4 Å². The second kappa shape index (κ2) is 5.96. The largest absolute Gasteiger partial charge is 0.481 e. The van der Waals surface area contributed by atoms with E-state index in [2.05, 4.69) is 4.98 Å². The Morgan fingerprint density at radius 2 is 1.78 bits per heavy atom. The van der Waals surface area contributed by atoms with Gasteiger partial charge in [0.15, 0.2) is 0 Å². The molecule has 0 aliphatic heterocycles. The van der Waals surface area contributed by atoms with Crippen molar-refractivity contribution in [1.29, 1.82) is 0 Å². The first-order valence-corrected chi connectivity index (χ1v) is 5.91. The summed E-state index contributed by atoms with van der Waals surface area (Å²) in [4.78, 5) is 14.9. The Labute approximate surface area is 106 Å². The highest BCUT2D eigenvalue weighted by Gasteiger charge is 2.15. The van der Waals surface area contributed by atoms with Crippen LogP contribution in [0.4, 0.5) is 0 Å². The lowest BCUT2D eigenvalue weighted by Crippen LogP contribution is -2.09. The van der Waals surface area contributed by atoms with Gasteiger partial charge in [-0.25, -0.2) is 0 Å². The molecule has 1 aromatic carbocycles. The molecular formula is C15H15NO2. The monoisotopic (exact) mass is 241 g/mol. The minimum absolute atomic E-state index is 0.00565. The molecule has 0 fully saturated rings. The van der Waals surface area contributed by atoms with Gasteiger partial charge in [0.25, 0.3) is 0 Å². The average molecular weight is 241 g/mol. The van der Waals surface area contributed by atoms with Gasteiger partial charge in [0.2, 0.25) is 0 Å². The summed E-state index contributed by atoms with van der Waals surface area (Å²) in [6.07, 6.45) is 4.33. The third-order valence-electron chi connectivity index (χ3n) is 2.92. The molecule has 2 rings (SSSR count). The van der Waals surface area contributed by atoms with E-state index in [1.54, 1.807) is 12.4 Å². The van der Waals surface area contributed by atoms with Crippen molar-refractivity contribution in [1.82, 2.24) is 4.98 Å². The molecule has 0 bridgehead atoms. The highest BCUT2D eigenvalue weighted by molar-refractivity contribution is 5.68. The SMILES string of the molecule is O=C(O)CC(Cc1ccncc1)c1ccccc1. The fraction of sp³-hybridized carbons (Fsp3) is 0.200. The van der Waals surface area contributed by atoms with Gasteiger partial charge in [-0.05, 0) is 35.6 Å². The van der Waals surface area contributed by atoms with E-state index in [0.717, 1.165) is 17.5 Å². The minimum atomic E-state index is -0.766. The quantitative estimate of drug-likeness (QED) is 0.875. The summed E-state index contributed by atoms with van der Waals surface area (Å²) in [5.41, 5.74) is 2.18. The molecule has 0 radical (unpaired) electrons. The van der Waals surface area contributed by atoms with Gasteiger partial charge in [-0.15, -0.1) is 0 Å². The van der Waals surface area contributed by atoms with Gasteiger partial charge in [-0.1, -0.05) is 30.3 Å². The van der Waals surface area contributed by atoms with Crippen molar-refractivity contribution in [2.24, 2.45) is 0 Å². The number of nitrogens with zero attached hydrogens (tertiary/aromatic N) is 1. The summed E-state index contributed by atoms with van der Waals surface area (Å²) in [6.45, 7) is 0. The molecule has 0 amide bonds. The van der Waals surface area contributed by atoms with Crippen LogP contribution in [0.25, 0.3) is 0 Å². The van der Waals surface area contributed by atoms with E-state index in [-0.39, 0.29) is 12.3 Å². The van der Waals surface area contributed by atoms with Gasteiger partial charge in [-0.2, -0.15) is 0 Å². The van der Waals surface area contributed by atoms with Crippen LogP contribution in [0.2, 0.25) is 0 Å². The number of carboxylic acid groups (broad SMARTS) is 1. The minimum Gasteiger partial charge on any atom is -0.481 e. The molecule has 1 unspecified atom stereocenters.